The van der Waals surface area contributed by atoms with Crippen LogP contribution >= 0.6 is 0 Å². The monoisotopic (exact) mass is 818 g/mol. The fourth-order valence-electron chi connectivity index (χ4n) is 6.66. The molecule has 4 rings (SSSR count). The third-order valence-corrected chi connectivity index (χ3v) is 10.0. The number of alkyl carbamates (subject to hydrolysis) is 1. The van der Waals surface area contributed by atoms with Crippen LogP contribution in [0.5, 0.6) is 11.8 Å². The van der Waals surface area contributed by atoms with Gasteiger partial charge in [-0.25, -0.2) is 9.59 Å². The Kier molecular flexibility index (Phi) is 15.9. The number of carbonyl (C=O) groups is 6. The second-order valence-corrected chi connectivity index (χ2v) is 16.2. The Morgan fingerprint density at radius 3 is 1.83 bits per heavy atom. The summed E-state index contributed by atoms with van der Waals surface area (Å²) < 4.78 is 5.95. The van der Waals surface area contributed by atoms with Gasteiger partial charge < -0.3 is 46.0 Å². The molecule has 5 amide bonds. The molecule has 2 heterocycles. The number of aromatic hydroxyl groups is 2. The first-order valence-corrected chi connectivity index (χ1v) is 20.0. The van der Waals surface area contributed by atoms with Crippen molar-refractivity contribution < 1.29 is 48.6 Å². The zero-order chi connectivity index (χ0) is 43.4. The SMILES string of the molecule is CC[C@H](C)[C@H](NC(=O)[C@@H]1CCCN1C(=O)[C@@H](NC(=O)[C@H](Cc1ccccc1)NC(=O)OC(C)(C)C)C(C)C)C(=O)N[C@@H](Cc1ccccc1)C(=O)On1c(O)ccc1O. The van der Waals surface area contributed by atoms with E-state index >= 15 is 0 Å². The van der Waals surface area contributed by atoms with E-state index in [1.165, 1.54) is 4.90 Å². The summed E-state index contributed by atoms with van der Waals surface area (Å²) in [5.41, 5.74) is 0.636. The quantitative estimate of drug-likeness (QED) is 0.117. The minimum Gasteiger partial charge on any atom is -0.492 e. The predicted octanol–water partition coefficient (Wildman–Crippen LogP) is 3.38. The Hall–Kier alpha value is -6.06. The van der Waals surface area contributed by atoms with Gasteiger partial charge in [0.15, 0.2) is 0 Å². The molecule has 2 aromatic carbocycles. The lowest BCUT2D eigenvalue weighted by molar-refractivity contribution is -0.150. The van der Waals surface area contributed by atoms with E-state index in [4.69, 9.17) is 9.57 Å². The summed E-state index contributed by atoms with van der Waals surface area (Å²) in [6.45, 7) is 12.5. The van der Waals surface area contributed by atoms with E-state index in [1.807, 2.05) is 37.3 Å². The molecule has 6 N–H and O–H groups in total. The van der Waals surface area contributed by atoms with Crippen LogP contribution in [0.2, 0.25) is 0 Å². The Morgan fingerprint density at radius 1 is 0.746 bits per heavy atom. The van der Waals surface area contributed by atoms with Crippen LogP contribution in [0.1, 0.15) is 78.9 Å². The number of hydrogen-bond donors (Lipinski definition) is 6. The molecule has 16 heteroatoms. The molecule has 3 aromatic rings. The van der Waals surface area contributed by atoms with Crippen LogP contribution in [0, 0.1) is 11.8 Å². The summed E-state index contributed by atoms with van der Waals surface area (Å²) >= 11 is 0. The van der Waals surface area contributed by atoms with Gasteiger partial charge in [0.2, 0.25) is 35.4 Å². The molecule has 0 bridgehead atoms. The maximum absolute atomic E-state index is 14.3. The number of hydrogen-bond acceptors (Lipinski definition) is 10. The first-order chi connectivity index (χ1) is 27.9. The van der Waals surface area contributed by atoms with Crippen molar-refractivity contribution in [3.63, 3.8) is 0 Å². The topological polar surface area (TPSA) is 218 Å². The Labute approximate surface area is 345 Å². The Morgan fingerprint density at radius 2 is 1.31 bits per heavy atom. The zero-order valence-corrected chi connectivity index (χ0v) is 34.8. The van der Waals surface area contributed by atoms with Crippen LogP contribution in [0.3, 0.4) is 0 Å². The molecule has 0 saturated carbocycles. The molecule has 320 valence electrons. The van der Waals surface area contributed by atoms with E-state index in [-0.39, 0.29) is 19.4 Å². The number of rotatable bonds is 17. The summed E-state index contributed by atoms with van der Waals surface area (Å²) in [6, 6.07) is 14.6. The largest absolute Gasteiger partial charge is 0.492 e. The minimum atomic E-state index is -1.30. The molecule has 0 unspecified atom stereocenters. The van der Waals surface area contributed by atoms with E-state index in [2.05, 4.69) is 21.3 Å². The molecule has 16 nitrogen and oxygen atoms in total. The molecule has 59 heavy (non-hydrogen) atoms. The van der Waals surface area contributed by atoms with Crippen molar-refractivity contribution in [3.8, 4) is 11.8 Å². The molecule has 1 fully saturated rings. The van der Waals surface area contributed by atoms with Crippen molar-refractivity contribution in [1.82, 2.24) is 30.9 Å². The van der Waals surface area contributed by atoms with Crippen LogP contribution in [0.25, 0.3) is 0 Å². The third kappa shape index (κ3) is 13.0. The zero-order valence-electron chi connectivity index (χ0n) is 34.8. The van der Waals surface area contributed by atoms with E-state index in [1.54, 1.807) is 71.9 Å². The van der Waals surface area contributed by atoms with Gasteiger partial charge in [-0.2, -0.15) is 0 Å². The Balaban J connectivity index is 1.51. The molecular formula is C43H58N6O10. The highest BCUT2D eigenvalue weighted by atomic mass is 16.7. The number of nitrogens with zero attached hydrogens (tertiary/aromatic N) is 2. The average Bonchev–Trinajstić information content (AvgIpc) is 3.81. The smallest absolute Gasteiger partial charge is 0.408 e. The lowest BCUT2D eigenvalue weighted by Gasteiger charge is -2.33. The van der Waals surface area contributed by atoms with Gasteiger partial charge >= 0.3 is 12.1 Å². The molecule has 1 aliphatic heterocycles. The summed E-state index contributed by atoms with van der Waals surface area (Å²) in [7, 11) is 0. The maximum atomic E-state index is 14.3. The standard InChI is InChI=1S/C43H58N6O10/c1-8-27(4)36(39(54)44-31(25-29-18-13-10-14-19-29)41(56)59-49-33(50)21-22-34(49)51)47-38(53)32-20-15-23-48(32)40(55)35(26(2)3)46-37(52)30(24-28-16-11-9-12-17-28)45-42(57)58-43(5,6)7/h9-14,16-19,21-22,26-27,30-32,35-36,50-51H,8,15,20,23-25H2,1-7H3,(H,44,54)(H,45,57)(H,46,52)(H,47,53)/t27-,30-,31-,32-,35-,36-/m0/s1. The van der Waals surface area contributed by atoms with E-state index in [0.717, 1.165) is 17.7 Å². The molecular weight excluding hydrogens is 761 g/mol. The normalized spacial score (nSPS) is 16.5. The second kappa shape index (κ2) is 20.6. The molecule has 1 aliphatic rings. The van der Waals surface area contributed by atoms with Crippen molar-refractivity contribution in [3.05, 3.63) is 83.9 Å². The summed E-state index contributed by atoms with van der Waals surface area (Å²) in [6.07, 6.45) is 0.577. The summed E-state index contributed by atoms with van der Waals surface area (Å²) in [5.74, 6) is -5.25. The van der Waals surface area contributed by atoms with E-state index in [9.17, 15) is 39.0 Å². The number of amides is 5. The van der Waals surface area contributed by atoms with Crippen molar-refractivity contribution in [2.45, 2.75) is 116 Å². The number of ether oxygens (including phenoxy) is 1. The summed E-state index contributed by atoms with van der Waals surface area (Å²) in [4.78, 5) is 89.1. The van der Waals surface area contributed by atoms with Gasteiger partial charge in [-0.15, -0.1) is 4.73 Å². The maximum Gasteiger partial charge on any atom is 0.408 e. The van der Waals surface area contributed by atoms with E-state index < -0.39 is 95.1 Å². The molecule has 6 atom stereocenters. The van der Waals surface area contributed by atoms with Crippen molar-refractivity contribution in [2.24, 2.45) is 11.8 Å². The van der Waals surface area contributed by atoms with Crippen LogP contribution < -0.4 is 26.1 Å². The van der Waals surface area contributed by atoms with Gasteiger partial charge in [-0.3, -0.25) is 19.2 Å². The van der Waals surface area contributed by atoms with Gasteiger partial charge in [0, 0.05) is 31.5 Å². The molecule has 0 radical (unpaired) electrons. The lowest BCUT2D eigenvalue weighted by Crippen LogP contribution is -2.60. The van der Waals surface area contributed by atoms with Crippen LogP contribution in [0.4, 0.5) is 4.79 Å². The average molecular weight is 819 g/mol. The molecule has 0 aliphatic carbocycles. The fourth-order valence-corrected chi connectivity index (χ4v) is 6.66. The fraction of sp³-hybridized carbons (Fsp3) is 0.488. The van der Waals surface area contributed by atoms with E-state index in [0.29, 0.717) is 29.6 Å². The van der Waals surface area contributed by atoms with Crippen LogP contribution in [-0.4, -0.2) is 97.9 Å². The predicted molar refractivity (Wildman–Crippen MR) is 218 cm³/mol. The Bertz CT molecular complexity index is 1890. The van der Waals surface area contributed by atoms with Crippen LogP contribution in [-0.2, 0) is 41.6 Å². The van der Waals surface area contributed by atoms with Crippen LogP contribution in [0.15, 0.2) is 72.8 Å². The molecule has 1 saturated heterocycles. The lowest BCUT2D eigenvalue weighted by atomic mass is 9.96. The van der Waals surface area contributed by atoms with Gasteiger partial charge in [-0.1, -0.05) is 94.8 Å². The number of carbonyl (C=O) groups excluding carboxylic acids is 6. The highest BCUT2D eigenvalue weighted by Crippen LogP contribution is 2.23. The molecule has 1 aromatic heterocycles. The third-order valence-electron chi connectivity index (χ3n) is 10.0. The minimum absolute atomic E-state index is 0.0118. The summed E-state index contributed by atoms with van der Waals surface area (Å²) in [5, 5.41) is 31.1. The first kappa shape index (κ1) is 45.6. The van der Waals surface area contributed by atoms with Crippen molar-refractivity contribution in [2.75, 3.05) is 6.54 Å². The van der Waals surface area contributed by atoms with Gasteiger partial charge in [-0.05, 0) is 56.6 Å². The van der Waals surface area contributed by atoms with Crippen molar-refractivity contribution >= 4 is 35.7 Å². The van der Waals surface area contributed by atoms with Crippen molar-refractivity contribution in [1.29, 1.82) is 0 Å². The highest BCUT2D eigenvalue weighted by Gasteiger charge is 2.41. The van der Waals surface area contributed by atoms with Gasteiger partial charge in [0.05, 0.1) is 0 Å². The number of nitrogens with one attached hydrogen (secondary N) is 4. The van der Waals surface area contributed by atoms with Gasteiger partial charge in [0.1, 0.15) is 35.8 Å². The second-order valence-electron chi connectivity index (χ2n) is 16.2. The number of aromatic nitrogens is 1. The highest BCUT2D eigenvalue weighted by molar-refractivity contribution is 5.96. The number of benzene rings is 2. The van der Waals surface area contributed by atoms with Gasteiger partial charge in [0.25, 0.3) is 0 Å². The molecule has 0 spiro atoms. The first-order valence-electron chi connectivity index (χ1n) is 20.0. The number of likely N-dealkylation sites (tertiary alicyclic amines) is 1.